The average molecular weight is 433 g/mol. The van der Waals surface area contributed by atoms with E-state index in [1.807, 2.05) is 24.3 Å². The molecule has 1 aromatic heterocycles. The fourth-order valence-corrected chi connectivity index (χ4v) is 3.49. The van der Waals surface area contributed by atoms with Crippen LogP contribution in [-0.4, -0.2) is 29.1 Å². The lowest BCUT2D eigenvalue weighted by Gasteiger charge is -2.20. The van der Waals surface area contributed by atoms with Crippen LogP contribution in [0.1, 0.15) is 24.5 Å². The van der Waals surface area contributed by atoms with E-state index < -0.39 is 0 Å². The number of anilines is 2. The summed E-state index contributed by atoms with van der Waals surface area (Å²) in [7, 11) is 0. The minimum absolute atomic E-state index is 0.0794. The number of hydrogen-bond acceptors (Lipinski definition) is 4. The molecule has 0 aliphatic carbocycles. The van der Waals surface area contributed by atoms with Gasteiger partial charge >= 0.3 is 0 Å². The van der Waals surface area contributed by atoms with E-state index in [0.717, 1.165) is 12.0 Å². The van der Waals surface area contributed by atoms with Crippen molar-refractivity contribution in [3.8, 4) is 0 Å². The molecule has 0 saturated carbocycles. The van der Waals surface area contributed by atoms with Crippen LogP contribution in [0.15, 0.2) is 71.9 Å². The highest BCUT2D eigenvalue weighted by Crippen LogP contribution is 2.31. The van der Waals surface area contributed by atoms with E-state index in [1.165, 1.54) is 10.5 Å². The van der Waals surface area contributed by atoms with Gasteiger partial charge in [-0.25, -0.2) is 9.98 Å². The Morgan fingerprint density at radius 3 is 2.55 bits per heavy atom. The number of carbonyl (C=O) groups is 2. The van der Waals surface area contributed by atoms with Crippen LogP contribution in [0, 0.1) is 0 Å². The molecule has 0 fully saturated rings. The Morgan fingerprint density at radius 2 is 1.84 bits per heavy atom. The van der Waals surface area contributed by atoms with Gasteiger partial charge in [-0.05, 0) is 53.9 Å². The highest BCUT2D eigenvalue weighted by molar-refractivity contribution is 6.30. The van der Waals surface area contributed by atoms with Crippen molar-refractivity contribution >= 4 is 46.3 Å². The molecule has 3 aromatic rings. The Morgan fingerprint density at radius 1 is 1.10 bits per heavy atom. The Balaban J connectivity index is 1.59. The molecule has 31 heavy (non-hydrogen) atoms. The van der Waals surface area contributed by atoms with Crippen LogP contribution in [0.4, 0.5) is 17.2 Å². The highest BCUT2D eigenvalue weighted by Gasteiger charge is 2.27. The van der Waals surface area contributed by atoms with Gasteiger partial charge in [0.05, 0.1) is 12.1 Å². The van der Waals surface area contributed by atoms with Crippen molar-refractivity contribution in [2.24, 2.45) is 4.99 Å². The SMILES string of the molecule is CCc1ccc(C2=Nc3cccnc3N(CC(=O)Nc3ccc(Cl)cc3)C(=O)C2)cc1. The van der Waals surface area contributed by atoms with Crippen molar-refractivity contribution in [3.05, 3.63) is 83.0 Å². The molecule has 6 nitrogen and oxygen atoms in total. The summed E-state index contributed by atoms with van der Waals surface area (Å²) in [6, 6.07) is 18.4. The molecule has 0 bridgehead atoms. The van der Waals surface area contributed by atoms with Gasteiger partial charge in [0.15, 0.2) is 5.82 Å². The van der Waals surface area contributed by atoms with Crippen molar-refractivity contribution in [2.75, 3.05) is 16.8 Å². The maximum Gasteiger partial charge on any atom is 0.244 e. The summed E-state index contributed by atoms with van der Waals surface area (Å²) >= 11 is 5.89. The molecular formula is C24H21ClN4O2. The average Bonchev–Trinajstić information content (AvgIpc) is 2.92. The first-order valence-corrected chi connectivity index (χ1v) is 10.4. The largest absolute Gasteiger partial charge is 0.325 e. The van der Waals surface area contributed by atoms with Crippen LogP contribution < -0.4 is 10.2 Å². The highest BCUT2D eigenvalue weighted by atomic mass is 35.5. The van der Waals surface area contributed by atoms with Crippen molar-refractivity contribution < 1.29 is 9.59 Å². The summed E-state index contributed by atoms with van der Waals surface area (Å²) in [5.74, 6) is -0.191. The number of rotatable bonds is 5. The van der Waals surface area contributed by atoms with Gasteiger partial charge in [-0.15, -0.1) is 0 Å². The molecule has 0 unspecified atom stereocenters. The molecule has 0 saturated heterocycles. The number of aryl methyl sites for hydroxylation is 1. The predicted molar refractivity (Wildman–Crippen MR) is 123 cm³/mol. The van der Waals surface area contributed by atoms with Gasteiger partial charge in [0.1, 0.15) is 12.2 Å². The molecule has 4 rings (SSSR count). The predicted octanol–water partition coefficient (Wildman–Crippen LogP) is 4.79. The Bertz CT molecular complexity index is 1140. The summed E-state index contributed by atoms with van der Waals surface area (Å²) in [5.41, 5.74) is 3.91. The number of nitrogens with zero attached hydrogens (tertiary/aromatic N) is 3. The van der Waals surface area contributed by atoms with Gasteiger partial charge in [-0.3, -0.25) is 14.5 Å². The number of aromatic nitrogens is 1. The molecule has 156 valence electrons. The minimum atomic E-state index is -0.331. The third kappa shape index (κ3) is 4.81. The molecule has 2 aromatic carbocycles. The molecule has 2 amide bonds. The Labute approximate surface area is 185 Å². The number of hydrogen-bond donors (Lipinski definition) is 1. The number of pyridine rings is 1. The molecular weight excluding hydrogens is 412 g/mol. The second-order valence-electron chi connectivity index (χ2n) is 7.17. The third-order valence-corrected chi connectivity index (χ3v) is 5.27. The summed E-state index contributed by atoms with van der Waals surface area (Å²) in [6.45, 7) is 1.93. The number of carbonyl (C=O) groups excluding carboxylic acids is 2. The van der Waals surface area contributed by atoms with Crippen LogP contribution >= 0.6 is 11.6 Å². The second kappa shape index (κ2) is 9.10. The molecule has 1 aliphatic rings. The van der Waals surface area contributed by atoms with E-state index in [4.69, 9.17) is 16.6 Å². The minimum Gasteiger partial charge on any atom is -0.325 e. The van der Waals surface area contributed by atoms with E-state index in [2.05, 4.69) is 17.2 Å². The van der Waals surface area contributed by atoms with Gasteiger partial charge in [0.25, 0.3) is 0 Å². The summed E-state index contributed by atoms with van der Waals surface area (Å²) in [6.07, 6.45) is 2.61. The monoisotopic (exact) mass is 432 g/mol. The fourth-order valence-electron chi connectivity index (χ4n) is 3.37. The molecule has 0 atom stereocenters. The molecule has 0 radical (unpaired) electrons. The lowest BCUT2D eigenvalue weighted by molar-refractivity contribution is -0.120. The van der Waals surface area contributed by atoms with Crippen LogP contribution in [-0.2, 0) is 16.0 Å². The number of fused-ring (bicyclic) bond motifs is 1. The van der Waals surface area contributed by atoms with Gasteiger partial charge in [-0.1, -0.05) is 42.8 Å². The van der Waals surface area contributed by atoms with Crippen LogP contribution in [0.25, 0.3) is 0 Å². The zero-order chi connectivity index (χ0) is 21.8. The number of nitrogens with one attached hydrogen (secondary N) is 1. The summed E-state index contributed by atoms with van der Waals surface area (Å²) in [4.78, 5) is 36.2. The molecule has 0 spiro atoms. The van der Waals surface area contributed by atoms with Gasteiger partial charge in [0.2, 0.25) is 11.8 Å². The quantitative estimate of drug-likeness (QED) is 0.629. The first-order chi connectivity index (χ1) is 15.0. The van der Waals surface area contributed by atoms with Crippen molar-refractivity contribution in [1.82, 2.24) is 4.98 Å². The van der Waals surface area contributed by atoms with Gasteiger partial charge in [0, 0.05) is 16.9 Å². The smallest absolute Gasteiger partial charge is 0.244 e. The van der Waals surface area contributed by atoms with Crippen LogP contribution in [0.2, 0.25) is 5.02 Å². The Hall–Kier alpha value is -3.51. The maximum absolute atomic E-state index is 13.1. The van der Waals surface area contributed by atoms with E-state index >= 15 is 0 Å². The van der Waals surface area contributed by atoms with Crippen molar-refractivity contribution in [3.63, 3.8) is 0 Å². The first kappa shape index (κ1) is 20.8. The van der Waals surface area contributed by atoms with E-state index in [-0.39, 0.29) is 24.8 Å². The first-order valence-electron chi connectivity index (χ1n) is 10.0. The van der Waals surface area contributed by atoms with Crippen LogP contribution in [0.3, 0.4) is 0 Å². The van der Waals surface area contributed by atoms with Gasteiger partial charge < -0.3 is 5.32 Å². The molecule has 7 heteroatoms. The van der Waals surface area contributed by atoms with E-state index in [9.17, 15) is 9.59 Å². The molecule has 2 heterocycles. The number of amides is 2. The number of benzene rings is 2. The summed E-state index contributed by atoms with van der Waals surface area (Å²) in [5, 5.41) is 3.37. The second-order valence-corrected chi connectivity index (χ2v) is 7.60. The van der Waals surface area contributed by atoms with E-state index in [1.54, 1.807) is 42.6 Å². The zero-order valence-corrected chi connectivity index (χ0v) is 17.8. The normalized spacial score (nSPS) is 13.3. The lowest BCUT2D eigenvalue weighted by atomic mass is 10.0. The summed E-state index contributed by atoms with van der Waals surface area (Å²) < 4.78 is 0. The number of aliphatic imine (C=N–C) groups is 1. The Kier molecular flexibility index (Phi) is 6.09. The van der Waals surface area contributed by atoms with Crippen molar-refractivity contribution in [2.45, 2.75) is 19.8 Å². The lowest BCUT2D eigenvalue weighted by Crippen LogP contribution is -2.38. The van der Waals surface area contributed by atoms with Crippen molar-refractivity contribution in [1.29, 1.82) is 0 Å². The number of halogens is 1. The zero-order valence-electron chi connectivity index (χ0n) is 17.0. The fraction of sp³-hybridized carbons (Fsp3) is 0.167. The topological polar surface area (TPSA) is 74.7 Å². The van der Waals surface area contributed by atoms with Crippen LogP contribution in [0.5, 0.6) is 0 Å². The third-order valence-electron chi connectivity index (χ3n) is 5.02. The van der Waals surface area contributed by atoms with E-state index in [0.29, 0.717) is 27.9 Å². The standard InChI is InChI=1S/C24H21ClN4O2/c1-2-16-5-7-17(8-6-16)21-14-23(31)29(24-20(28-21)4-3-13-26-24)15-22(30)27-19-11-9-18(25)10-12-19/h3-13H,2,14-15H2,1H3,(H,27,30). The molecule has 1 aliphatic heterocycles. The molecule has 1 N–H and O–H groups in total. The maximum atomic E-state index is 13.1. The van der Waals surface area contributed by atoms with Gasteiger partial charge in [-0.2, -0.15) is 0 Å².